The van der Waals surface area contributed by atoms with E-state index in [9.17, 15) is 0 Å². The van der Waals surface area contributed by atoms with Crippen LogP contribution in [0.5, 0.6) is 0 Å². The third-order valence-corrected chi connectivity index (χ3v) is 1.87. The predicted molar refractivity (Wildman–Crippen MR) is 34.3 cm³/mol. The lowest BCUT2D eigenvalue weighted by atomic mass is 9.75. The van der Waals surface area contributed by atoms with Crippen molar-refractivity contribution >= 4 is 0 Å². The van der Waals surface area contributed by atoms with Gasteiger partial charge in [0.1, 0.15) is 0 Å². The van der Waals surface area contributed by atoms with Crippen molar-refractivity contribution in [2.75, 3.05) is 0 Å². The second-order valence-electron chi connectivity index (χ2n) is 2.66. The summed E-state index contributed by atoms with van der Waals surface area (Å²) in [6, 6.07) is 0. The minimum Gasteiger partial charge on any atom is -0.325 e. The van der Waals surface area contributed by atoms with Gasteiger partial charge in [0.15, 0.2) is 0 Å². The highest BCUT2D eigenvalue weighted by Crippen LogP contribution is 2.31. The summed E-state index contributed by atoms with van der Waals surface area (Å²) in [6.45, 7) is 5.22. The predicted octanol–water partition coefficient (Wildman–Crippen LogP) is 1.25. The van der Waals surface area contributed by atoms with E-state index in [4.69, 9.17) is 12.3 Å². The fourth-order valence-corrected chi connectivity index (χ4v) is 1.07. The Kier molecular flexibility index (Phi) is 1.39. The molecule has 2 N–H and O–H groups in total. The first-order chi connectivity index (χ1) is 3.77. The summed E-state index contributed by atoms with van der Waals surface area (Å²) in [5.74, 6) is 0. The first kappa shape index (κ1) is 5.83. The molecule has 8 heavy (non-hydrogen) atoms. The molecular weight excluding hydrogens is 98.1 g/mol. The molecule has 1 aliphatic rings. The molecule has 0 aromatic carbocycles. The van der Waals surface area contributed by atoms with Gasteiger partial charge in [-0.3, -0.25) is 0 Å². The van der Waals surface area contributed by atoms with Gasteiger partial charge in [-0.1, -0.05) is 12.7 Å². The first-order valence-corrected chi connectivity index (χ1v) is 3.09. The van der Waals surface area contributed by atoms with Crippen LogP contribution >= 0.6 is 0 Å². The molecule has 1 nitrogen and oxygen atoms in total. The zero-order valence-electron chi connectivity index (χ0n) is 5.06. The lowest BCUT2D eigenvalue weighted by molar-refractivity contribution is 0.252. The van der Waals surface area contributed by atoms with Crippen LogP contribution in [0.3, 0.4) is 0 Å². The normalized spacial score (nSPS) is 24.1. The van der Waals surface area contributed by atoms with Crippen LogP contribution in [0.1, 0.15) is 25.7 Å². The average Bonchev–Trinajstić information content (AvgIpc) is 1.64. The summed E-state index contributed by atoms with van der Waals surface area (Å²) in [4.78, 5) is 0. The topological polar surface area (TPSA) is 26.0 Å². The van der Waals surface area contributed by atoms with E-state index in [1.54, 1.807) is 6.08 Å². The molecular formula is C7H12N. The van der Waals surface area contributed by atoms with Crippen molar-refractivity contribution in [2.45, 2.75) is 31.2 Å². The summed E-state index contributed by atoms with van der Waals surface area (Å²) < 4.78 is 0. The van der Waals surface area contributed by atoms with Gasteiger partial charge in [-0.15, -0.1) is 0 Å². The summed E-state index contributed by atoms with van der Waals surface area (Å²) >= 11 is 0. The van der Waals surface area contributed by atoms with Crippen LogP contribution in [0.2, 0.25) is 0 Å². The van der Waals surface area contributed by atoms with Crippen molar-refractivity contribution < 1.29 is 0 Å². The Morgan fingerprint density at radius 1 is 1.62 bits per heavy atom. The summed E-state index contributed by atoms with van der Waals surface area (Å²) in [6.07, 6.45) is 6.14. The van der Waals surface area contributed by atoms with E-state index in [0.29, 0.717) is 0 Å². The Morgan fingerprint density at radius 2 is 2.25 bits per heavy atom. The minimum absolute atomic E-state index is 0.0920. The molecule has 1 heteroatoms. The van der Waals surface area contributed by atoms with Gasteiger partial charge in [-0.2, -0.15) is 0 Å². The summed E-state index contributed by atoms with van der Waals surface area (Å²) in [5, 5.41) is 0. The Bertz CT molecular complexity index is 92.6. The van der Waals surface area contributed by atoms with E-state index >= 15 is 0 Å². The van der Waals surface area contributed by atoms with Gasteiger partial charge in [-0.05, 0) is 25.7 Å². The highest BCUT2D eigenvalue weighted by atomic mass is 14.8. The van der Waals surface area contributed by atoms with Gasteiger partial charge < -0.3 is 5.73 Å². The molecule has 0 saturated heterocycles. The second-order valence-corrected chi connectivity index (χ2v) is 2.66. The molecule has 1 radical (unpaired) electrons. The first-order valence-electron chi connectivity index (χ1n) is 3.09. The van der Waals surface area contributed by atoms with Crippen molar-refractivity contribution in [1.82, 2.24) is 0 Å². The zero-order chi connectivity index (χ0) is 6.04. The molecule has 0 aromatic rings. The Balaban J connectivity index is 2.29. The number of hydrogen-bond donors (Lipinski definition) is 1. The smallest absolute Gasteiger partial charge is 0.0189 e. The standard InChI is InChI=1S/C7H12N/c1-2-4-7(8)5-3-6-7/h1-2H,3-6,8H2. The van der Waals surface area contributed by atoms with Crippen LogP contribution in [0.4, 0.5) is 0 Å². The van der Waals surface area contributed by atoms with E-state index in [1.165, 1.54) is 6.42 Å². The molecule has 0 spiro atoms. The molecule has 45 valence electrons. The molecule has 1 fully saturated rings. The van der Waals surface area contributed by atoms with Crippen molar-refractivity contribution in [3.8, 4) is 0 Å². The third-order valence-electron chi connectivity index (χ3n) is 1.87. The molecule has 0 aromatic heterocycles. The minimum atomic E-state index is 0.0920. The zero-order valence-corrected chi connectivity index (χ0v) is 5.06. The van der Waals surface area contributed by atoms with Gasteiger partial charge in [0.2, 0.25) is 0 Å². The van der Waals surface area contributed by atoms with Gasteiger partial charge in [0.25, 0.3) is 0 Å². The largest absolute Gasteiger partial charge is 0.325 e. The fraction of sp³-hybridized carbons (Fsp3) is 0.714. The number of nitrogens with two attached hydrogens (primary N) is 1. The fourth-order valence-electron chi connectivity index (χ4n) is 1.07. The second kappa shape index (κ2) is 1.90. The van der Waals surface area contributed by atoms with Crippen LogP contribution in [0, 0.1) is 6.58 Å². The van der Waals surface area contributed by atoms with Gasteiger partial charge in [0, 0.05) is 5.54 Å². The SMILES string of the molecule is [CH]=CCC1(N)CCC1. The lowest BCUT2D eigenvalue weighted by Gasteiger charge is -2.37. The molecule has 1 rings (SSSR count). The van der Waals surface area contributed by atoms with Gasteiger partial charge in [-0.25, -0.2) is 0 Å². The summed E-state index contributed by atoms with van der Waals surface area (Å²) in [5.41, 5.74) is 5.89. The molecule has 1 saturated carbocycles. The maximum absolute atomic E-state index is 5.80. The van der Waals surface area contributed by atoms with E-state index in [1.807, 2.05) is 0 Å². The quantitative estimate of drug-likeness (QED) is 0.568. The molecule has 0 atom stereocenters. The third kappa shape index (κ3) is 0.920. The highest BCUT2D eigenvalue weighted by Gasteiger charge is 2.30. The van der Waals surface area contributed by atoms with Gasteiger partial charge in [0.05, 0.1) is 0 Å². The Morgan fingerprint density at radius 3 is 2.38 bits per heavy atom. The van der Waals surface area contributed by atoms with Crippen LogP contribution in [-0.4, -0.2) is 5.54 Å². The van der Waals surface area contributed by atoms with Crippen LogP contribution in [-0.2, 0) is 0 Å². The molecule has 0 aliphatic heterocycles. The monoisotopic (exact) mass is 110 g/mol. The Labute approximate surface area is 50.6 Å². The summed E-state index contributed by atoms with van der Waals surface area (Å²) in [7, 11) is 0. The van der Waals surface area contributed by atoms with E-state index in [2.05, 4.69) is 0 Å². The molecule has 0 unspecified atom stereocenters. The number of rotatable bonds is 2. The van der Waals surface area contributed by atoms with Gasteiger partial charge >= 0.3 is 0 Å². The maximum Gasteiger partial charge on any atom is 0.0189 e. The van der Waals surface area contributed by atoms with Crippen molar-refractivity contribution in [1.29, 1.82) is 0 Å². The lowest BCUT2D eigenvalue weighted by Crippen LogP contribution is -2.45. The average molecular weight is 110 g/mol. The van der Waals surface area contributed by atoms with Crippen molar-refractivity contribution in [3.05, 3.63) is 12.7 Å². The van der Waals surface area contributed by atoms with Crippen molar-refractivity contribution in [3.63, 3.8) is 0 Å². The molecule has 0 amide bonds. The molecule has 0 bridgehead atoms. The van der Waals surface area contributed by atoms with Crippen molar-refractivity contribution in [2.24, 2.45) is 5.73 Å². The van der Waals surface area contributed by atoms with E-state index in [-0.39, 0.29) is 5.54 Å². The van der Waals surface area contributed by atoms with Crippen LogP contribution in [0.15, 0.2) is 6.08 Å². The number of hydrogen-bond acceptors (Lipinski definition) is 1. The maximum atomic E-state index is 5.80. The van der Waals surface area contributed by atoms with Crippen LogP contribution < -0.4 is 5.73 Å². The molecule has 0 heterocycles. The Hall–Kier alpha value is -0.300. The van der Waals surface area contributed by atoms with E-state index < -0.39 is 0 Å². The van der Waals surface area contributed by atoms with E-state index in [0.717, 1.165) is 19.3 Å². The van der Waals surface area contributed by atoms with Crippen LogP contribution in [0.25, 0.3) is 0 Å². The molecule has 1 aliphatic carbocycles. The highest BCUT2D eigenvalue weighted by molar-refractivity contribution is 4.96.